The van der Waals surface area contributed by atoms with Gasteiger partial charge >= 0.3 is 6.09 Å². The monoisotopic (exact) mass is 484 g/mol. The van der Waals surface area contributed by atoms with E-state index in [0.717, 1.165) is 46.9 Å². The number of ether oxygens (including phenoxy) is 2. The second kappa shape index (κ2) is 9.57. The topological polar surface area (TPSA) is 59.8 Å². The third kappa shape index (κ3) is 4.87. The molecule has 2 aromatic carbocycles. The summed E-state index contributed by atoms with van der Waals surface area (Å²) < 4.78 is 13.1. The summed E-state index contributed by atoms with van der Waals surface area (Å²) in [6.45, 7) is 8.47. The summed E-state index contributed by atoms with van der Waals surface area (Å²) >= 11 is 0. The molecule has 0 radical (unpaired) electrons. The molecule has 1 aliphatic rings. The number of aromatic nitrogens is 2. The number of benzene rings is 2. The average Bonchev–Trinajstić information content (AvgIpc) is 3.27. The van der Waals surface area contributed by atoms with Gasteiger partial charge in [0.05, 0.1) is 12.6 Å². The van der Waals surface area contributed by atoms with Gasteiger partial charge in [-0.3, -0.25) is 4.98 Å². The van der Waals surface area contributed by atoms with Crippen LogP contribution in [0.2, 0.25) is 0 Å². The molecular formula is C29H32N4O3. The molecule has 1 amide bonds. The molecule has 1 aliphatic heterocycles. The Morgan fingerprint density at radius 3 is 2.22 bits per heavy atom. The number of methoxy groups -OCH3 is 1. The van der Waals surface area contributed by atoms with Crippen molar-refractivity contribution in [3.8, 4) is 22.6 Å². The number of fused-ring (bicyclic) bond motifs is 1. The van der Waals surface area contributed by atoms with E-state index in [9.17, 15) is 4.79 Å². The minimum Gasteiger partial charge on any atom is -0.497 e. The van der Waals surface area contributed by atoms with E-state index in [1.165, 1.54) is 5.39 Å². The van der Waals surface area contributed by atoms with Gasteiger partial charge in [-0.1, -0.05) is 18.2 Å². The maximum absolute atomic E-state index is 12.5. The van der Waals surface area contributed by atoms with Gasteiger partial charge in [-0.25, -0.2) is 4.79 Å². The molecule has 36 heavy (non-hydrogen) atoms. The van der Waals surface area contributed by atoms with Crippen LogP contribution < -0.4 is 9.64 Å². The van der Waals surface area contributed by atoms with Crippen molar-refractivity contribution in [2.24, 2.45) is 0 Å². The van der Waals surface area contributed by atoms with Crippen LogP contribution in [0.5, 0.6) is 5.75 Å². The Morgan fingerprint density at radius 2 is 1.58 bits per heavy atom. The first-order valence-electron chi connectivity index (χ1n) is 12.3. The first-order valence-corrected chi connectivity index (χ1v) is 12.3. The lowest BCUT2D eigenvalue weighted by Crippen LogP contribution is -2.50. The van der Waals surface area contributed by atoms with Crippen molar-refractivity contribution >= 4 is 22.7 Å². The van der Waals surface area contributed by atoms with Crippen LogP contribution in [0.15, 0.2) is 73.2 Å². The van der Waals surface area contributed by atoms with E-state index >= 15 is 0 Å². The zero-order chi connectivity index (χ0) is 25.3. The largest absolute Gasteiger partial charge is 0.497 e. The summed E-state index contributed by atoms with van der Waals surface area (Å²) in [5.74, 6) is 0.837. The molecule has 4 aromatic rings. The number of anilines is 1. The molecule has 0 unspecified atom stereocenters. The number of piperazine rings is 1. The van der Waals surface area contributed by atoms with E-state index in [-0.39, 0.29) is 6.09 Å². The third-order valence-corrected chi connectivity index (χ3v) is 6.43. The van der Waals surface area contributed by atoms with Crippen LogP contribution in [0.4, 0.5) is 10.5 Å². The maximum atomic E-state index is 12.5. The smallest absolute Gasteiger partial charge is 0.410 e. The van der Waals surface area contributed by atoms with Crippen LogP contribution >= 0.6 is 0 Å². The fourth-order valence-electron chi connectivity index (χ4n) is 4.60. The molecule has 0 saturated carbocycles. The predicted molar refractivity (Wildman–Crippen MR) is 143 cm³/mol. The summed E-state index contributed by atoms with van der Waals surface area (Å²) in [6, 6.07) is 18.8. The van der Waals surface area contributed by atoms with Gasteiger partial charge in [0.2, 0.25) is 0 Å². The summed E-state index contributed by atoms with van der Waals surface area (Å²) in [5, 5.41) is 1.17. The van der Waals surface area contributed by atoms with Crippen molar-refractivity contribution in [2.45, 2.75) is 26.4 Å². The molecule has 7 nitrogen and oxygen atoms in total. The van der Waals surface area contributed by atoms with Crippen molar-refractivity contribution in [2.75, 3.05) is 38.2 Å². The third-order valence-electron chi connectivity index (χ3n) is 6.43. The van der Waals surface area contributed by atoms with Crippen molar-refractivity contribution in [3.63, 3.8) is 0 Å². The van der Waals surface area contributed by atoms with E-state index in [1.807, 2.05) is 57.4 Å². The van der Waals surface area contributed by atoms with E-state index < -0.39 is 5.60 Å². The normalized spacial score (nSPS) is 14.2. The van der Waals surface area contributed by atoms with Crippen LogP contribution in [0.3, 0.4) is 0 Å². The van der Waals surface area contributed by atoms with E-state index in [2.05, 4.69) is 51.0 Å². The Bertz CT molecular complexity index is 1350. The van der Waals surface area contributed by atoms with E-state index in [4.69, 9.17) is 9.47 Å². The molecule has 2 aromatic heterocycles. The van der Waals surface area contributed by atoms with Crippen molar-refractivity contribution < 1.29 is 14.3 Å². The van der Waals surface area contributed by atoms with Gasteiger partial charge in [0, 0.05) is 67.1 Å². The zero-order valence-electron chi connectivity index (χ0n) is 21.3. The average molecular weight is 485 g/mol. The van der Waals surface area contributed by atoms with Gasteiger partial charge in [0.15, 0.2) is 0 Å². The van der Waals surface area contributed by atoms with Crippen molar-refractivity contribution in [1.29, 1.82) is 0 Å². The Morgan fingerprint density at radius 1 is 0.889 bits per heavy atom. The number of nitrogens with zero attached hydrogens (tertiary/aromatic N) is 4. The lowest BCUT2D eigenvalue weighted by Gasteiger charge is -2.36. The summed E-state index contributed by atoms with van der Waals surface area (Å²) in [6.07, 6.45) is 5.57. The van der Waals surface area contributed by atoms with Gasteiger partial charge in [-0.2, -0.15) is 0 Å². The molecule has 7 heteroatoms. The number of pyridine rings is 1. The molecule has 186 valence electrons. The molecule has 5 rings (SSSR count). The number of hydrogen-bond donors (Lipinski definition) is 0. The predicted octanol–water partition coefficient (Wildman–Crippen LogP) is 5.76. The Labute approximate surface area is 211 Å². The van der Waals surface area contributed by atoms with Crippen LogP contribution in [0.1, 0.15) is 20.8 Å². The van der Waals surface area contributed by atoms with Crippen LogP contribution in [0, 0.1) is 0 Å². The lowest BCUT2D eigenvalue weighted by molar-refractivity contribution is 0.0240. The van der Waals surface area contributed by atoms with Gasteiger partial charge in [-0.15, -0.1) is 0 Å². The second-order valence-corrected chi connectivity index (χ2v) is 10.0. The standard InChI is InChI=1S/C29H32N4O3/c1-29(2,3)36-28(34)32-17-15-31(16-18-32)23-7-10-25-26(21-5-8-24(35-4)9-6-21)20-33(27(25)19-23)22-11-13-30-14-12-22/h5-14,19-20H,15-18H2,1-4H3. The molecule has 1 saturated heterocycles. The van der Waals surface area contributed by atoms with Gasteiger partial charge in [0.25, 0.3) is 0 Å². The first kappa shape index (κ1) is 23.7. The highest BCUT2D eigenvalue weighted by Gasteiger charge is 2.26. The van der Waals surface area contributed by atoms with Crippen molar-refractivity contribution in [3.05, 3.63) is 73.2 Å². The molecule has 1 fully saturated rings. The van der Waals surface area contributed by atoms with Crippen LogP contribution in [-0.2, 0) is 4.74 Å². The van der Waals surface area contributed by atoms with Gasteiger partial charge < -0.3 is 23.8 Å². The minimum atomic E-state index is -0.487. The number of amides is 1. The van der Waals surface area contributed by atoms with Crippen LogP contribution in [-0.4, -0.2) is 59.4 Å². The Balaban J connectivity index is 1.46. The number of rotatable bonds is 4. The fourth-order valence-corrected chi connectivity index (χ4v) is 4.60. The molecular weight excluding hydrogens is 452 g/mol. The highest BCUT2D eigenvalue weighted by molar-refractivity contribution is 5.98. The summed E-state index contributed by atoms with van der Waals surface area (Å²) in [4.78, 5) is 20.8. The highest BCUT2D eigenvalue weighted by Crippen LogP contribution is 2.35. The fraction of sp³-hybridized carbons (Fsp3) is 0.310. The SMILES string of the molecule is COc1ccc(-c2cn(-c3ccncc3)c3cc(N4CCN(C(=O)OC(C)(C)C)CC4)ccc23)cc1. The number of carbonyl (C=O) groups excluding carboxylic acids is 1. The minimum absolute atomic E-state index is 0.242. The first-order chi connectivity index (χ1) is 17.3. The van der Waals surface area contributed by atoms with Gasteiger partial charge in [-0.05, 0) is 62.7 Å². The van der Waals surface area contributed by atoms with E-state index in [0.29, 0.717) is 13.1 Å². The quantitative estimate of drug-likeness (QED) is 0.369. The van der Waals surface area contributed by atoms with Crippen LogP contribution in [0.25, 0.3) is 27.7 Å². The summed E-state index contributed by atoms with van der Waals surface area (Å²) in [7, 11) is 1.68. The number of hydrogen-bond acceptors (Lipinski definition) is 5. The molecule has 0 atom stereocenters. The molecule has 0 N–H and O–H groups in total. The lowest BCUT2D eigenvalue weighted by atomic mass is 10.0. The Kier molecular flexibility index (Phi) is 6.31. The molecule has 0 bridgehead atoms. The van der Waals surface area contributed by atoms with Crippen molar-refractivity contribution in [1.82, 2.24) is 14.5 Å². The highest BCUT2D eigenvalue weighted by atomic mass is 16.6. The maximum Gasteiger partial charge on any atom is 0.410 e. The molecule has 0 aliphatic carbocycles. The molecule has 0 spiro atoms. The van der Waals surface area contributed by atoms with Gasteiger partial charge in [0.1, 0.15) is 11.4 Å². The van der Waals surface area contributed by atoms with E-state index in [1.54, 1.807) is 12.0 Å². The zero-order valence-corrected chi connectivity index (χ0v) is 21.3. The second-order valence-electron chi connectivity index (χ2n) is 10.0. The summed E-state index contributed by atoms with van der Waals surface area (Å²) in [5.41, 5.74) is 5.12. The number of carbonyl (C=O) groups is 1. The molecule has 3 heterocycles. The Hall–Kier alpha value is -4.00.